The van der Waals surface area contributed by atoms with Crippen molar-refractivity contribution in [3.05, 3.63) is 47.1 Å². The van der Waals surface area contributed by atoms with Crippen LogP contribution in [0.4, 0.5) is 0 Å². The molecule has 0 fully saturated rings. The zero-order valence-corrected chi connectivity index (χ0v) is 12.3. The molecule has 1 aromatic carbocycles. The van der Waals surface area contributed by atoms with Crippen molar-refractivity contribution < 1.29 is 13.2 Å². The van der Waals surface area contributed by atoms with Crippen LogP contribution in [-0.2, 0) is 16.4 Å². The second-order valence-corrected chi connectivity index (χ2v) is 6.59. The van der Waals surface area contributed by atoms with Gasteiger partial charge in [0.2, 0.25) is 5.88 Å². The van der Waals surface area contributed by atoms with Crippen LogP contribution in [0.3, 0.4) is 0 Å². The molecule has 0 aliphatic carbocycles. The van der Waals surface area contributed by atoms with Crippen LogP contribution in [0.2, 0.25) is 5.02 Å². The number of nitrogens with two attached hydrogens (primary N) is 1. The van der Waals surface area contributed by atoms with Crippen LogP contribution in [0.25, 0.3) is 0 Å². The normalized spacial score (nSPS) is 11.3. The van der Waals surface area contributed by atoms with E-state index < -0.39 is 9.84 Å². The third-order valence-corrected chi connectivity index (χ3v) is 4.07. The van der Waals surface area contributed by atoms with Crippen molar-refractivity contribution in [2.45, 2.75) is 11.4 Å². The Labute approximate surface area is 122 Å². The van der Waals surface area contributed by atoms with E-state index in [2.05, 4.69) is 4.98 Å². The number of benzene rings is 1. The van der Waals surface area contributed by atoms with Gasteiger partial charge in [-0.1, -0.05) is 11.6 Å². The molecule has 2 rings (SSSR count). The van der Waals surface area contributed by atoms with Crippen molar-refractivity contribution in [3.8, 4) is 11.6 Å². The maximum atomic E-state index is 11.3. The van der Waals surface area contributed by atoms with E-state index in [9.17, 15) is 8.42 Å². The van der Waals surface area contributed by atoms with Crippen LogP contribution >= 0.6 is 11.6 Å². The molecule has 0 radical (unpaired) electrons. The molecule has 0 aliphatic rings. The number of hydrogen-bond acceptors (Lipinski definition) is 5. The second-order valence-electron chi connectivity index (χ2n) is 4.16. The molecule has 0 spiro atoms. The lowest BCUT2D eigenvalue weighted by Crippen LogP contribution is -1.99. The summed E-state index contributed by atoms with van der Waals surface area (Å²) in [5.74, 6) is 0.831. The van der Waals surface area contributed by atoms with Gasteiger partial charge in [-0.25, -0.2) is 13.4 Å². The standard InChI is InChI=1S/C13H13ClN2O3S/c1-20(17,18)11-4-2-10(3-5-11)19-13-6-9(7-15)12(14)8-16-13/h2-6,8H,7,15H2,1H3. The van der Waals surface area contributed by atoms with Gasteiger partial charge < -0.3 is 10.5 Å². The van der Waals surface area contributed by atoms with Crippen molar-refractivity contribution in [1.82, 2.24) is 4.98 Å². The lowest BCUT2D eigenvalue weighted by atomic mass is 10.2. The van der Waals surface area contributed by atoms with Gasteiger partial charge in [-0.2, -0.15) is 0 Å². The molecule has 2 N–H and O–H groups in total. The third-order valence-electron chi connectivity index (χ3n) is 2.60. The summed E-state index contributed by atoms with van der Waals surface area (Å²) >= 11 is 5.91. The molecule has 0 aliphatic heterocycles. The molecule has 0 saturated heterocycles. The van der Waals surface area contributed by atoms with Crippen LogP contribution < -0.4 is 10.5 Å². The van der Waals surface area contributed by atoms with Crippen molar-refractivity contribution in [2.24, 2.45) is 5.73 Å². The van der Waals surface area contributed by atoms with Gasteiger partial charge in [0.25, 0.3) is 0 Å². The van der Waals surface area contributed by atoms with Crippen LogP contribution in [-0.4, -0.2) is 19.7 Å². The second kappa shape index (κ2) is 5.78. The molecule has 0 bridgehead atoms. The summed E-state index contributed by atoms with van der Waals surface area (Å²) in [6.07, 6.45) is 2.61. The number of aromatic nitrogens is 1. The van der Waals surface area contributed by atoms with Gasteiger partial charge in [-0.15, -0.1) is 0 Å². The van der Waals surface area contributed by atoms with Gasteiger partial charge in [-0.3, -0.25) is 0 Å². The minimum absolute atomic E-state index is 0.233. The number of hydrogen-bond donors (Lipinski definition) is 1. The van der Waals surface area contributed by atoms with E-state index in [-0.39, 0.29) is 11.4 Å². The number of rotatable bonds is 4. The Morgan fingerprint density at radius 3 is 2.50 bits per heavy atom. The molecule has 5 nitrogen and oxygen atoms in total. The van der Waals surface area contributed by atoms with Crippen LogP contribution in [0.1, 0.15) is 5.56 Å². The summed E-state index contributed by atoms with van der Waals surface area (Å²) in [7, 11) is -3.21. The first-order valence-electron chi connectivity index (χ1n) is 5.72. The number of nitrogens with zero attached hydrogens (tertiary/aromatic N) is 1. The van der Waals surface area contributed by atoms with Gasteiger partial charge in [0.1, 0.15) is 5.75 Å². The Hall–Kier alpha value is -1.63. The molecule has 0 saturated carbocycles. The summed E-state index contributed by atoms with van der Waals surface area (Å²) in [6, 6.07) is 7.73. The molecule has 0 amide bonds. The third kappa shape index (κ3) is 3.47. The summed E-state index contributed by atoms with van der Waals surface area (Å²) in [4.78, 5) is 4.26. The van der Waals surface area contributed by atoms with Gasteiger partial charge in [0, 0.05) is 25.1 Å². The minimum Gasteiger partial charge on any atom is -0.439 e. The highest BCUT2D eigenvalue weighted by atomic mass is 35.5. The maximum Gasteiger partial charge on any atom is 0.219 e. The first-order valence-corrected chi connectivity index (χ1v) is 7.99. The Morgan fingerprint density at radius 2 is 1.95 bits per heavy atom. The highest BCUT2D eigenvalue weighted by Crippen LogP contribution is 2.24. The quantitative estimate of drug-likeness (QED) is 0.937. The molecule has 20 heavy (non-hydrogen) atoms. The Morgan fingerprint density at radius 1 is 1.30 bits per heavy atom. The van der Waals surface area contributed by atoms with Crippen molar-refractivity contribution >= 4 is 21.4 Å². The minimum atomic E-state index is -3.21. The first kappa shape index (κ1) is 14.8. The predicted octanol–water partition coefficient (Wildman–Crippen LogP) is 2.39. The van der Waals surface area contributed by atoms with Crippen molar-refractivity contribution in [2.75, 3.05) is 6.26 Å². The summed E-state index contributed by atoms with van der Waals surface area (Å²) in [5.41, 5.74) is 6.27. The summed E-state index contributed by atoms with van der Waals surface area (Å²) in [5, 5.41) is 0.479. The van der Waals surface area contributed by atoms with Crippen molar-refractivity contribution in [1.29, 1.82) is 0 Å². The Balaban J connectivity index is 2.22. The topological polar surface area (TPSA) is 82.3 Å². The van der Waals surface area contributed by atoms with Gasteiger partial charge in [-0.05, 0) is 29.8 Å². The lowest BCUT2D eigenvalue weighted by molar-refractivity contribution is 0.461. The van der Waals surface area contributed by atoms with E-state index in [1.807, 2.05) is 0 Å². The Bertz CT molecular complexity index is 715. The van der Waals surface area contributed by atoms with E-state index >= 15 is 0 Å². The van der Waals surface area contributed by atoms with Crippen LogP contribution in [0.5, 0.6) is 11.6 Å². The molecule has 1 aromatic heterocycles. The largest absolute Gasteiger partial charge is 0.439 e. The van der Waals surface area contributed by atoms with Gasteiger partial charge >= 0.3 is 0 Å². The lowest BCUT2D eigenvalue weighted by Gasteiger charge is -2.07. The van der Waals surface area contributed by atoms with E-state index in [0.717, 1.165) is 11.8 Å². The van der Waals surface area contributed by atoms with E-state index in [1.54, 1.807) is 18.2 Å². The van der Waals surface area contributed by atoms with E-state index in [0.29, 0.717) is 16.7 Å². The monoisotopic (exact) mass is 312 g/mol. The average molecular weight is 313 g/mol. The zero-order valence-electron chi connectivity index (χ0n) is 10.7. The fraction of sp³-hybridized carbons (Fsp3) is 0.154. The van der Waals surface area contributed by atoms with E-state index in [4.69, 9.17) is 22.1 Å². The van der Waals surface area contributed by atoms with E-state index in [1.165, 1.54) is 18.3 Å². The molecule has 106 valence electrons. The highest BCUT2D eigenvalue weighted by Gasteiger charge is 2.08. The van der Waals surface area contributed by atoms with Gasteiger partial charge in [0.15, 0.2) is 9.84 Å². The zero-order chi connectivity index (χ0) is 14.8. The summed E-state index contributed by atoms with van der Waals surface area (Å²) < 4.78 is 28.2. The number of ether oxygens (including phenoxy) is 1. The smallest absolute Gasteiger partial charge is 0.219 e. The fourth-order valence-corrected chi connectivity index (χ4v) is 2.36. The van der Waals surface area contributed by atoms with Crippen LogP contribution in [0.15, 0.2) is 41.4 Å². The molecule has 7 heteroatoms. The predicted molar refractivity (Wildman–Crippen MR) is 76.8 cm³/mol. The molecule has 0 atom stereocenters. The molecule has 0 unspecified atom stereocenters. The Kier molecular flexibility index (Phi) is 4.27. The SMILES string of the molecule is CS(=O)(=O)c1ccc(Oc2cc(CN)c(Cl)cn2)cc1. The number of sulfone groups is 1. The molecule has 1 heterocycles. The average Bonchev–Trinajstić information content (AvgIpc) is 2.40. The highest BCUT2D eigenvalue weighted by molar-refractivity contribution is 7.90. The summed E-state index contributed by atoms with van der Waals surface area (Å²) in [6.45, 7) is 0.282. The van der Waals surface area contributed by atoms with Crippen molar-refractivity contribution in [3.63, 3.8) is 0 Å². The molecule has 2 aromatic rings. The fourth-order valence-electron chi connectivity index (χ4n) is 1.55. The number of pyridine rings is 1. The van der Waals surface area contributed by atoms with Gasteiger partial charge in [0.05, 0.1) is 9.92 Å². The number of halogens is 1. The van der Waals surface area contributed by atoms with Crippen LogP contribution in [0, 0.1) is 0 Å². The molecular formula is C13H13ClN2O3S. The maximum absolute atomic E-state index is 11.3. The molecular weight excluding hydrogens is 300 g/mol. The first-order chi connectivity index (χ1) is 9.40.